The van der Waals surface area contributed by atoms with Gasteiger partial charge in [-0.15, -0.1) is 0 Å². The van der Waals surface area contributed by atoms with Crippen molar-refractivity contribution in [2.45, 2.75) is 32.0 Å². The highest BCUT2D eigenvalue weighted by Gasteiger charge is 2.37. The molecule has 0 saturated carbocycles. The third-order valence-corrected chi connectivity index (χ3v) is 4.35. The fraction of sp³-hybridized carbons (Fsp3) is 0.867. The minimum Gasteiger partial charge on any atom is -0.366 e. The number of rotatable bonds is 4. The van der Waals surface area contributed by atoms with Gasteiger partial charge in [-0.2, -0.15) is 13.2 Å². The second-order valence-electron chi connectivity index (χ2n) is 6.15. The Balaban J connectivity index is 1.95. The number of nitrogens with zero attached hydrogens (tertiary/aromatic N) is 2. The van der Waals surface area contributed by atoms with Crippen LogP contribution in [0.25, 0.3) is 0 Å². The van der Waals surface area contributed by atoms with Gasteiger partial charge in [0.05, 0.1) is 12.5 Å². The number of likely N-dealkylation sites (tertiary alicyclic amines) is 1. The van der Waals surface area contributed by atoms with Gasteiger partial charge in [-0.1, -0.05) is 0 Å². The second kappa shape index (κ2) is 8.15. The van der Waals surface area contributed by atoms with Crippen molar-refractivity contribution < 1.29 is 27.5 Å². The van der Waals surface area contributed by atoms with Gasteiger partial charge in [0, 0.05) is 32.7 Å². The van der Waals surface area contributed by atoms with E-state index in [9.17, 15) is 22.8 Å². The van der Waals surface area contributed by atoms with Crippen LogP contribution in [0.2, 0.25) is 0 Å². The lowest BCUT2D eigenvalue weighted by Crippen LogP contribution is -2.54. The Morgan fingerprint density at radius 2 is 2.12 bits per heavy atom. The molecule has 24 heavy (non-hydrogen) atoms. The minimum absolute atomic E-state index is 0.00154. The van der Waals surface area contributed by atoms with E-state index in [1.54, 1.807) is 4.90 Å². The topological polar surface area (TPSA) is 61.9 Å². The maximum atomic E-state index is 12.6. The van der Waals surface area contributed by atoms with Crippen molar-refractivity contribution in [2.24, 2.45) is 5.92 Å². The average molecular weight is 351 g/mol. The molecular weight excluding hydrogens is 327 g/mol. The van der Waals surface area contributed by atoms with Gasteiger partial charge in [0.1, 0.15) is 12.6 Å². The molecule has 2 aliphatic heterocycles. The monoisotopic (exact) mass is 351 g/mol. The first kappa shape index (κ1) is 19.0. The average Bonchev–Trinajstić information content (AvgIpc) is 2.58. The molecule has 0 aromatic rings. The summed E-state index contributed by atoms with van der Waals surface area (Å²) in [7, 11) is 0. The van der Waals surface area contributed by atoms with Crippen LogP contribution in [0.15, 0.2) is 0 Å². The van der Waals surface area contributed by atoms with Crippen LogP contribution in [0.1, 0.15) is 19.8 Å². The molecule has 2 atom stereocenters. The van der Waals surface area contributed by atoms with Crippen LogP contribution < -0.4 is 5.32 Å². The number of carbonyl (C=O) groups excluding carboxylic acids is 2. The van der Waals surface area contributed by atoms with Crippen LogP contribution in [0, 0.1) is 5.92 Å². The Morgan fingerprint density at radius 1 is 1.38 bits per heavy atom. The maximum absolute atomic E-state index is 12.6. The predicted octanol–water partition coefficient (Wildman–Crippen LogP) is 0.624. The molecule has 0 radical (unpaired) electrons. The molecule has 0 aromatic heterocycles. The summed E-state index contributed by atoms with van der Waals surface area (Å²) >= 11 is 0. The molecule has 0 aliphatic carbocycles. The van der Waals surface area contributed by atoms with E-state index in [1.807, 2.05) is 0 Å². The Labute approximate surface area is 139 Å². The Kier molecular flexibility index (Phi) is 6.45. The number of morpholine rings is 1. The Bertz CT molecular complexity index is 453. The molecule has 138 valence electrons. The van der Waals surface area contributed by atoms with E-state index in [2.05, 4.69) is 5.32 Å². The first-order valence-electron chi connectivity index (χ1n) is 8.28. The van der Waals surface area contributed by atoms with Crippen LogP contribution in [0.4, 0.5) is 13.2 Å². The van der Waals surface area contributed by atoms with Gasteiger partial charge >= 0.3 is 6.18 Å². The minimum atomic E-state index is -4.42. The van der Waals surface area contributed by atoms with Crippen LogP contribution in [0.3, 0.4) is 0 Å². The summed E-state index contributed by atoms with van der Waals surface area (Å²) in [6, 6.07) is 0. The summed E-state index contributed by atoms with van der Waals surface area (Å²) in [5.41, 5.74) is 0. The molecule has 6 nitrogen and oxygen atoms in total. The quantitative estimate of drug-likeness (QED) is 0.807. The fourth-order valence-corrected chi connectivity index (χ4v) is 3.13. The summed E-state index contributed by atoms with van der Waals surface area (Å²) in [4.78, 5) is 27.2. The van der Waals surface area contributed by atoms with Crippen molar-refractivity contribution in [3.05, 3.63) is 0 Å². The summed E-state index contributed by atoms with van der Waals surface area (Å²) < 4.78 is 43.2. The van der Waals surface area contributed by atoms with Gasteiger partial charge in [-0.25, -0.2) is 0 Å². The van der Waals surface area contributed by atoms with Gasteiger partial charge in [-0.05, 0) is 19.8 Å². The third-order valence-electron chi connectivity index (χ3n) is 4.35. The Morgan fingerprint density at radius 3 is 2.71 bits per heavy atom. The number of halogens is 3. The molecule has 2 fully saturated rings. The van der Waals surface area contributed by atoms with Crippen molar-refractivity contribution in [2.75, 3.05) is 45.9 Å². The summed E-state index contributed by atoms with van der Waals surface area (Å²) in [6.45, 7) is 2.50. The summed E-state index contributed by atoms with van der Waals surface area (Å²) in [5, 5.41) is 3.07. The second-order valence-corrected chi connectivity index (χ2v) is 6.15. The molecule has 0 bridgehead atoms. The summed E-state index contributed by atoms with van der Waals surface area (Å²) in [6.07, 6.45) is -3.89. The van der Waals surface area contributed by atoms with Gasteiger partial charge in [-0.3, -0.25) is 9.59 Å². The van der Waals surface area contributed by atoms with Gasteiger partial charge < -0.3 is 19.9 Å². The van der Waals surface area contributed by atoms with Crippen LogP contribution in [0.5, 0.6) is 0 Å². The molecule has 9 heteroatoms. The van der Waals surface area contributed by atoms with E-state index in [-0.39, 0.29) is 19.0 Å². The fourth-order valence-electron chi connectivity index (χ4n) is 3.13. The number of amides is 2. The standard InChI is InChI=1S/C15H24F3N3O3/c1-2-20(10-15(16,17)18)13(22)11-4-3-6-21(9-11)14(23)12-8-19-5-7-24-12/h11-12,19H,2-10H2,1H3. The lowest BCUT2D eigenvalue weighted by Gasteiger charge is -2.37. The normalized spacial score (nSPS) is 25.4. The zero-order chi connectivity index (χ0) is 17.7. The molecule has 2 amide bonds. The van der Waals surface area contributed by atoms with Crippen LogP contribution >= 0.6 is 0 Å². The lowest BCUT2D eigenvalue weighted by atomic mass is 9.96. The molecule has 2 rings (SSSR count). The van der Waals surface area contributed by atoms with E-state index in [4.69, 9.17) is 4.74 Å². The molecular formula is C15H24F3N3O3. The Hall–Kier alpha value is -1.35. The highest BCUT2D eigenvalue weighted by Crippen LogP contribution is 2.23. The summed E-state index contributed by atoms with van der Waals surface area (Å²) in [5.74, 6) is -1.31. The number of hydrogen-bond acceptors (Lipinski definition) is 4. The number of carbonyl (C=O) groups is 2. The molecule has 2 aliphatic rings. The van der Waals surface area contributed by atoms with E-state index in [1.165, 1.54) is 6.92 Å². The van der Waals surface area contributed by atoms with Crippen molar-refractivity contribution in [3.8, 4) is 0 Å². The molecule has 2 unspecified atom stereocenters. The highest BCUT2D eigenvalue weighted by atomic mass is 19.4. The predicted molar refractivity (Wildman–Crippen MR) is 80.2 cm³/mol. The first-order valence-corrected chi connectivity index (χ1v) is 8.28. The van der Waals surface area contributed by atoms with Gasteiger partial charge in [0.15, 0.2) is 0 Å². The van der Waals surface area contributed by atoms with Gasteiger partial charge in [0.25, 0.3) is 5.91 Å². The number of nitrogens with one attached hydrogen (secondary N) is 1. The number of ether oxygens (including phenoxy) is 1. The zero-order valence-corrected chi connectivity index (χ0v) is 13.8. The van der Waals surface area contributed by atoms with Gasteiger partial charge in [0.2, 0.25) is 5.91 Å². The van der Waals surface area contributed by atoms with Crippen molar-refractivity contribution in [1.29, 1.82) is 0 Å². The van der Waals surface area contributed by atoms with Crippen LogP contribution in [-0.4, -0.2) is 79.8 Å². The molecule has 2 saturated heterocycles. The first-order chi connectivity index (χ1) is 11.3. The maximum Gasteiger partial charge on any atom is 0.406 e. The number of piperidine rings is 1. The van der Waals surface area contributed by atoms with Crippen molar-refractivity contribution in [3.63, 3.8) is 0 Å². The van der Waals surface area contributed by atoms with E-state index >= 15 is 0 Å². The molecule has 2 heterocycles. The number of alkyl halides is 3. The third kappa shape index (κ3) is 5.07. The van der Waals surface area contributed by atoms with E-state index in [0.29, 0.717) is 39.1 Å². The van der Waals surface area contributed by atoms with E-state index < -0.39 is 30.7 Å². The zero-order valence-electron chi connectivity index (χ0n) is 13.8. The lowest BCUT2D eigenvalue weighted by molar-refractivity contribution is -0.165. The molecule has 0 spiro atoms. The molecule has 0 aromatic carbocycles. The van der Waals surface area contributed by atoms with Crippen molar-refractivity contribution in [1.82, 2.24) is 15.1 Å². The number of hydrogen-bond donors (Lipinski definition) is 1. The highest BCUT2D eigenvalue weighted by molar-refractivity contribution is 5.83. The van der Waals surface area contributed by atoms with Crippen LogP contribution in [-0.2, 0) is 14.3 Å². The van der Waals surface area contributed by atoms with E-state index in [0.717, 1.165) is 4.90 Å². The SMILES string of the molecule is CCN(CC(F)(F)F)C(=O)C1CCCN(C(=O)C2CNCCO2)C1. The molecule has 1 N–H and O–H groups in total. The largest absolute Gasteiger partial charge is 0.406 e. The van der Waals surface area contributed by atoms with Crippen molar-refractivity contribution >= 4 is 11.8 Å². The smallest absolute Gasteiger partial charge is 0.366 e.